The van der Waals surface area contributed by atoms with Crippen molar-refractivity contribution < 1.29 is 9.53 Å². The smallest absolute Gasteiger partial charge is 0.354 e. The van der Waals surface area contributed by atoms with Crippen LogP contribution in [0, 0.1) is 0 Å². The van der Waals surface area contributed by atoms with E-state index in [0.717, 1.165) is 13.0 Å². The summed E-state index contributed by atoms with van der Waals surface area (Å²) in [4.78, 5) is 11.5. The zero-order valence-electron chi connectivity index (χ0n) is 9.53. The fourth-order valence-corrected chi connectivity index (χ4v) is 1.53. The molecule has 0 saturated carbocycles. The number of rotatable bonds is 6. The number of ether oxygens (including phenoxy) is 1. The van der Waals surface area contributed by atoms with Crippen molar-refractivity contribution in [3.8, 4) is 0 Å². The number of carbonyl (C=O) groups is 1. The molecule has 0 aliphatic rings. The van der Waals surface area contributed by atoms with Gasteiger partial charge in [0, 0.05) is 12.7 Å². The second kappa shape index (κ2) is 6.27. The predicted molar refractivity (Wildman–Crippen MR) is 59.9 cm³/mol. The Kier molecular flexibility index (Phi) is 4.95. The van der Waals surface area contributed by atoms with Crippen molar-refractivity contribution in [3.05, 3.63) is 24.0 Å². The van der Waals surface area contributed by atoms with Crippen LogP contribution in [0.5, 0.6) is 0 Å². The Morgan fingerprint density at radius 3 is 2.87 bits per heavy atom. The molecular formula is C12H19NO2. The summed E-state index contributed by atoms with van der Waals surface area (Å²) in [6, 6.07) is 3.70. The quantitative estimate of drug-likeness (QED) is 0.533. The highest BCUT2D eigenvalue weighted by Crippen LogP contribution is 2.07. The summed E-state index contributed by atoms with van der Waals surface area (Å²) in [5, 5.41) is 0. The third-order valence-electron chi connectivity index (χ3n) is 2.32. The zero-order chi connectivity index (χ0) is 11.1. The minimum absolute atomic E-state index is 0.223. The summed E-state index contributed by atoms with van der Waals surface area (Å²) in [7, 11) is 0. The fraction of sp³-hybridized carbons (Fsp3) is 0.583. The van der Waals surface area contributed by atoms with Crippen LogP contribution in [0.25, 0.3) is 0 Å². The van der Waals surface area contributed by atoms with Gasteiger partial charge >= 0.3 is 5.97 Å². The molecule has 0 saturated heterocycles. The largest absolute Gasteiger partial charge is 0.461 e. The molecule has 3 nitrogen and oxygen atoms in total. The molecule has 0 radical (unpaired) electrons. The number of nitrogens with zero attached hydrogens (tertiary/aromatic N) is 1. The minimum Gasteiger partial charge on any atom is -0.461 e. The Labute approximate surface area is 91.0 Å². The highest BCUT2D eigenvalue weighted by molar-refractivity contribution is 5.87. The SMILES string of the molecule is CCCCCn1cccc1C(=O)OCC. The molecular weight excluding hydrogens is 190 g/mol. The van der Waals surface area contributed by atoms with Gasteiger partial charge in [0.05, 0.1) is 6.61 Å². The van der Waals surface area contributed by atoms with Crippen LogP contribution in [0.4, 0.5) is 0 Å². The average molecular weight is 209 g/mol. The van der Waals surface area contributed by atoms with Crippen molar-refractivity contribution in [2.45, 2.75) is 39.7 Å². The summed E-state index contributed by atoms with van der Waals surface area (Å²) in [5.41, 5.74) is 0.660. The van der Waals surface area contributed by atoms with E-state index in [1.54, 1.807) is 0 Å². The molecule has 3 heteroatoms. The zero-order valence-corrected chi connectivity index (χ0v) is 9.53. The van der Waals surface area contributed by atoms with E-state index in [2.05, 4.69) is 6.92 Å². The third-order valence-corrected chi connectivity index (χ3v) is 2.32. The van der Waals surface area contributed by atoms with Crippen LogP contribution in [-0.4, -0.2) is 17.1 Å². The molecule has 0 bridgehead atoms. The lowest BCUT2D eigenvalue weighted by Crippen LogP contribution is -2.11. The molecule has 1 rings (SSSR count). The Balaban J connectivity index is 2.56. The van der Waals surface area contributed by atoms with Crippen LogP contribution in [-0.2, 0) is 11.3 Å². The molecule has 15 heavy (non-hydrogen) atoms. The lowest BCUT2D eigenvalue weighted by Gasteiger charge is -2.07. The summed E-state index contributed by atoms with van der Waals surface area (Å²) in [6.45, 7) is 5.32. The Bertz CT molecular complexity index is 304. The van der Waals surface area contributed by atoms with Crippen molar-refractivity contribution >= 4 is 5.97 Å². The second-order valence-corrected chi connectivity index (χ2v) is 3.51. The van der Waals surface area contributed by atoms with Crippen molar-refractivity contribution in [2.75, 3.05) is 6.61 Å². The molecule has 84 valence electrons. The molecule has 0 fully saturated rings. The molecule has 0 atom stereocenters. The van der Waals surface area contributed by atoms with Gasteiger partial charge in [0.25, 0.3) is 0 Å². The van der Waals surface area contributed by atoms with E-state index in [1.807, 2.05) is 29.8 Å². The van der Waals surface area contributed by atoms with Gasteiger partial charge in [0.2, 0.25) is 0 Å². The van der Waals surface area contributed by atoms with Crippen LogP contribution >= 0.6 is 0 Å². The number of esters is 1. The maximum absolute atomic E-state index is 11.5. The van der Waals surface area contributed by atoms with Crippen LogP contribution in [0.15, 0.2) is 18.3 Å². The molecule has 0 aromatic carbocycles. The number of aryl methyl sites for hydroxylation is 1. The maximum atomic E-state index is 11.5. The van der Waals surface area contributed by atoms with Gasteiger partial charge in [-0.2, -0.15) is 0 Å². The molecule has 1 aromatic heterocycles. The van der Waals surface area contributed by atoms with Crippen LogP contribution < -0.4 is 0 Å². The molecule has 1 heterocycles. The maximum Gasteiger partial charge on any atom is 0.354 e. The van der Waals surface area contributed by atoms with Crippen LogP contribution in [0.2, 0.25) is 0 Å². The highest BCUT2D eigenvalue weighted by atomic mass is 16.5. The van der Waals surface area contributed by atoms with E-state index in [4.69, 9.17) is 4.74 Å². The summed E-state index contributed by atoms with van der Waals surface area (Å²) in [6.07, 6.45) is 5.43. The van der Waals surface area contributed by atoms with Crippen molar-refractivity contribution in [1.29, 1.82) is 0 Å². The van der Waals surface area contributed by atoms with Crippen molar-refractivity contribution in [3.63, 3.8) is 0 Å². The van der Waals surface area contributed by atoms with Gasteiger partial charge in [0.1, 0.15) is 5.69 Å². The first kappa shape index (κ1) is 11.8. The van der Waals surface area contributed by atoms with Crippen molar-refractivity contribution in [2.24, 2.45) is 0 Å². The van der Waals surface area contributed by atoms with E-state index in [0.29, 0.717) is 12.3 Å². The van der Waals surface area contributed by atoms with E-state index in [1.165, 1.54) is 12.8 Å². The first-order valence-electron chi connectivity index (χ1n) is 5.61. The molecule has 0 unspecified atom stereocenters. The van der Waals surface area contributed by atoms with Gasteiger partial charge in [-0.25, -0.2) is 4.79 Å². The first-order chi connectivity index (χ1) is 7.29. The number of hydrogen-bond donors (Lipinski definition) is 0. The number of unbranched alkanes of at least 4 members (excludes halogenated alkanes) is 2. The lowest BCUT2D eigenvalue weighted by molar-refractivity contribution is 0.0513. The fourth-order valence-electron chi connectivity index (χ4n) is 1.53. The summed E-state index contributed by atoms with van der Waals surface area (Å²) in [5.74, 6) is -0.223. The van der Waals surface area contributed by atoms with E-state index < -0.39 is 0 Å². The predicted octanol–water partition coefficient (Wildman–Crippen LogP) is 2.86. The van der Waals surface area contributed by atoms with Gasteiger partial charge < -0.3 is 9.30 Å². The number of carbonyl (C=O) groups excluding carboxylic acids is 1. The lowest BCUT2D eigenvalue weighted by atomic mass is 10.2. The van der Waals surface area contributed by atoms with E-state index in [9.17, 15) is 4.79 Å². The van der Waals surface area contributed by atoms with Gasteiger partial charge in [-0.05, 0) is 25.5 Å². The number of hydrogen-bond acceptors (Lipinski definition) is 2. The molecule has 0 aliphatic carbocycles. The monoisotopic (exact) mass is 209 g/mol. The van der Waals surface area contributed by atoms with E-state index in [-0.39, 0.29) is 5.97 Å². The standard InChI is InChI=1S/C12H19NO2/c1-3-5-6-9-13-10-7-8-11(13)12(14)15-4-2/h7-8,10H,3-6,9H2,1-2H3. The van der Waals surface area contributed by atoms with Gasteiger partial charge in [-0.3, -0.25) is 0 Å². The molecule has 0 aliphatic heterocycles. The third kappa shape index (κ3) is 3.42. The Morgan fingerprint density at radius 1 is 1.40 bits per heavy atom. The van der Waals surface area contributed by atoms with Crippen LogP contribution in [0.1, 0.15) is 43.6 Å². The minimum atomic E-state index is -0.223. The van der Waals surface area contributed by atoms with Crippen LogP contribution in [0.3, 0.4) is 0 Å². The summed E-state index contributed by atoms with van der Waals surface area (Å²) < 4.78 is 6.94. The van der Waals surface area contributed by atoms with E-state index >= 15 is 0 Å². The number of aromatic nitrogens is 1. The first-order valence-corrected chi connectivity index (χ1v) is 5.61. The average Bonchev–Trinajstić information content (AvgIpc) is 2.67. The molecule has 1 aromatic rings. The van der Waals surface area contributed by atoms with Gasteiger partial charge in [-0.1, -0.05) is 19.8 Å². The Morgan fingerprint density at radius 2 is 2.20 bits per heavy atom. The molecule has 0 N–H and O–H groups in total. The molecule has 0 spiro atoms. The normalized spacial score (nSPS) is 10.3. The van der Waals surface area contributed by atoms with Crippen molar-refractivity contribution in [1.82, 2.24) is 4.57 Å². The van der Waals surface area contributed by atoms with Gasteiger partial charge in [0.15, 0.2) is 0 Å². The summed E-state index contributed by atoms with van der Waals surface area (Å²) >= 11 is 0. The second-order valence-electron chi connectivity index (χ2n) is 3.51. The highest BCUT2D eigenvalue weighted by Gasteiger charge is 2.10. The molecule has 0 amide bonds. The topological polar surface area (TPSA) is 31.2 Å². The Hall–Kier alpha value is -1.25. The van der Waals surface area contributed by atoms with Gasteiger partial charge in [-0.15, -0.1) is 0 Å².